The number of carbonyl (C=O) groups is 1. The first-order valence-corrected chi connectivity index (χ1v) is 14.2. The monoisotopic (exact) mass is 542 g/mol. The molecule has 0 aliphatic rings. The van der Waals surface area contributed by atoms with Gasteiger partial charge in [-0.2, -0.15) is 4.31 Å². The molecule has 2 aromatic carbocycles. The molecule has 0 saturated heterocycles. The first kappa shape index (κ1) is 28.5. The Hall–Kier alpha value is -1.69. The highest BCUT2D eigenvalue weighted by Crippen LogP contribution is 2.32. The lowest BCUT2D eigenvalue weighted by Crippen LogP contribution is -2.36. The van der Waals surface area contributed by atoms with E-state index in [-0.39, 0.29) is 23.2 Å². The number of amides is 1. The van der Waals surface area contributed by atoms with E-state index in [0.29, 0.717) is 36.9 Å². The number of hydrogen-bond acceptors (Lipinski definition) is 7. The molecule has 3 rings (SSSR count). The molecule has 0 spiro atoms. The van der Waals surface area contributed by atoms with E-state index in [1.54, 1.807) is 28.8 Å². The van der Waals surface area contributed by atoms with Gasteiger partial charge in [0.25, 0.3) is 5.91 Å². The van der Waals surface area contributed by atoms with Crippen molar-refractivity contribution in [2.24, 2.45) is 0 Å². The van der Waals surface area contributed by atoms with E-state index in [4.69, 9.17) is 4.98 Å². The van der Waals surface area contributed by atoms with E-state index >= 15 is 0 Å². The Morgan fingerprint density at radius 1 is 1.03 bits per heavy atom. The second-order valence-corrected chi connectivity index (χ2v) is 11.5. The van der Waals surface area contributed by atoms with Crippen molar-refractivity contribution < 1.29 is 13.2 Å². The van der Waals surface area contributed by atoms with Crippen molar-refractivity contribution in [2.45, 2.75) is 23.6 Å². The summed E-state index contributed by atoms with van der Waals surface area (Å²) in [5.74, 6) is -0.201. The summed E-state index contributed by atoms with van der Waals surface area (Å²) in [6, 6.07) is 12.3. The van der Waals surface area contributed by atoms with Crippen LogP contribution < -0.4 is 4.90 Å². The zero-order chi connectivity index (χ0) is 24.2. The van der Waals surface area contributed by atoms with Gasteiger partial charge in [-0.1, -0.05) is 25.2 Å². The largest absolute Gasteiger partial charge is 0.308 e. The van der Waals surface area contributed by atoms with Crippen molar-refractivity contribution in [3.05, 3.63) is 48.0 Å². The van der Waals surface area contributed by atoms with Crippen LogP contribution in [0.2, 0.25) is 0 Å². The zero-order valence-electron chi connectivity index (χ0n) is 20.0. The highest BCUT2D eigenvalue weighted by molar-refractivity contribution is 7.98. The number of sulfonamides is 1. The van der Waals surface area contributed by atoms with E-state index in [1.165, 1.54) is 27.8 Å². The second kappa shape index (κ2) is 12.3. The minimum atomic E-state index is -3.57. The summed E-state index contributed by atoms with van der Waals surface area (Å²) < 4.78 is 28.0. The fraction of sp³-hybridized carbons (Fsp3) is 0.391. The quantitative estimate of drug-likeness (QED) is 0.346. The molecule has 11 heteroatoms. The number of carbonyl (C=O) groups excluding carboxylic acids is 1. The van der Waals surface area contributed by atoms with Crippen molar-refractivity contribution in [1.82, 2.24) is 14.2 Å². The van der Waals surface area contributed by atoms with Gasteiger partial charge in [-0.25, -0.2) is 13.4 Å². The minimum Gasteiger partial charge on any atom is -0.308 e. The Morgan fingerprint density at radius 3 is 2.24 bits per heavy atom. The number of benzene rings is 2. The maximum atomic E-state index is 13.5. The molecule has 0 radical (unpaired) electrons. The fourth-order valence-electron chi connectivity index (χ4n) is 3.36. The third-order valence-electron chi connectivity index (χ3n) is 5.28. The number of hydrogen-bond donors (Lipinski definition) is 0. The summed E-state index contributed by atoms with van der Waals surface area (Å²) in [5, 5.41) is 0.634. The second-order valence-electron chi connectivity index (χ2n) is 7.70. The molecule has 186 valence electrons. The molecule has 0 unspecified atom stereocenters. The Labute approximate surface area is 216 Å². The van der Waals surface area contributed by atoms with Crippen molar-refractivity contribution in [3.8, 4) is 0 Å². The van der Waals surface area contributed by atoms with Gasteiger partial charge in [0.15, 0.2) is 5.13 Å². The van der Waals surface area contributed by atoms with Gasteiger partial charge in [0.1, 0.15) is 0 Å². The molecular formula is C23H31ClN4O3S3. The number of anilines is 1. The maximum Gasteiger partial charge on any atom is 0.260 e. The first-order chi connectivity index (χ1) is 15.7. The van der Waals surface area contributed by atoms with Crippen molar-refractivity contribution in [3.63, 3.8) is 0 Å². The van der Waals surface area contributed by atoms with Crippen LogP contribution in [0.15, 0.2) is 52.3 Å². The Kier molecular flexibility index (Phi) is 10.3. The molecule has 0 N–H and O–H groups in total. The zero-order valence-corrected chi connectivity index (χ0v) is 23.3. The average molecular weight is 543 g/mol. The summed E-state index contributed by atoms with van der Waals surface area (Å²) in [4.78, 5) is 23.2. The van der Waals surface area contributed by atoms with Crippen LogP contribution in [0.1, 0.15) is 24.2 Å². The van der Waals surface area contributed by atoms with Crippen molar-refractivity contribution >= 4 is 66.8 Å². The molecule has 0 atom stereocenters. The molecule has 1 amide bonds. The summed E-state index contributed by atoms with van der Waals surface area (Å²) >= 11 is 3.15. The van der Waals surface area contributed by atoms with Crippen LogP contribution in [0, 0.1) is 0 Å². The first-order valence-electron chi connectivity index (χ1n) is 10.7. The molecule has 0 aliphatic carbocycles. The topological polar surface area (TPSA) is 73.8 Å². The van der Waals surface area contributed by atoms with Crippen molar-refractivity contribution in [1.29, 1.82) is 0 Å². The van der Waals surface area contributed by atoms with Crippen molar-refractivity contribution in [2.75, 3.05) is 51.4 Å². The molecular weight excluding hydrogens is 512 g/mol. The van der Waals surface area contributed by atoms with Crippen LogP contribution in [0.5, 0.6) is 0 Å². The van der Waals surface area contributed by atoms with Crippen LogP contribution in [0.25, 0.3) is 10.2 Å². The fourth-order valence-corrected chi connectivity index (χ4v) is 6.36. The van der Waals surface area contributed by atoms with Crippen LogP contribution in [0.4, 0.5) is 5.13 Å². The van der Waals surface area contributed by atoms with Gasteiger partial charge >= 0.3 is 0 Å². The summed E-state index contributed by atoms with van der Waals surface area (Å²) in [6.07, 6.45) is 2.03. The van der Waals surface area contributed by atoms with Gasteiger partial charge in [-0.15, -0.1) is 24.2 Å². The van der Waals surface area contributed by atoms with Gasteiger partial charge < -0.3 is 4.90 Å². The minimum absolute atomic E-state index is 0. The smallest absolute Gasteiger partial charge is 0.260 e. The Bertz CT molecular complexity index is 1210. The van der Waals surface area contributed by atoms with E-state index in [9.17, 15) is 13.2 Å². The third-order valence-corrected chi connectivity index (χ3v) is 9.11. The standard InChI is InChI=1S/C23H30N4O3S3.ClH/c1-6-26(7-2)33(29,30)19-11-8-17(9-12-19)22(28)27(15-14-25(3)4)23-24-20-13-10-18(31-5)16-21(20)32-23;/h8-13,16H,6-7,14-15H2,1-5H3;1H. The number of aromatic nitrogens is 1. The molecule has 7 nitrogen and oxygen atoms in total. The van der Waals surface area contributed by atoms with Gasteiger partial charge in [0, 0.05) is 36.6 Å². The van der Waals surface area contributed by atoms with Gasteiger partial charge in [-0.3, -0.25) is 9.69 Å². The average Bonchev–Trinajstić information content (AvgIpc) is 3.22. The van der Waals surface area contributed by atoms with E-state index in [1.807, 2.05) is 51.2 Å². The number of halogens is 1. The third kappa shape index (κ3) is 6.30. The number of rotatable bonds is 10. The van der Waals surface area contributed by atoms with Crippen LogP contribution >= 0.6 is 35.5 Å². The molecule has 0 saturated carbocycles. The lowest BCUT2D eigenvalue weighted by molar-refractivity contribution is 0.0985. The highest BCUT2D eigenvalue weighted by atomic mass is 35.5. The molecule has 34 heavy (non-hydrogen) atoms. The van der Waals surface area contributed by atoms with Gasteiger partial charge in [0.05, 0.1) is 15.1 Å². The molecule has 0 aliphatic heterocycles. The van der Waals surface area contributed by atoms with E-state index in [0.717, 1.165) is 15.1 Å². The lowest BCUT2D eigenvalue weighted by Gasteiger charge is -2.22. The number of thioether (sulfide) groups is 1. The summed E-state index contributed by atoms with van der Waals surface area (Å²) in [6.45, 7) is 5.55. The van der Waals surface area contributed by atoms with E-state index < -0.39 is 10.0 Å². The van der Waals surface area contributed by atoms with Gasteiger partial charge in [-0.05, 0) is 62.8 Å². The predicted molar refractivity (Wildman–Crippen MR) is 145 cm³/mol. The van der Waals surface area contributed by atoms with Crippen LogP contribution in [-0.4, -0.2) is 75.0 Å². The molecule has 3 aromatic rings. The summed E-state index contributed by atoms with van der Waals surface area (Å²) in [5.41, 5.74) is 1.28. The molecule has 1 heterocycles. The Balaban J connectivity index is 0.00000408. The SMILES string of the molecule is CCN(CC)S(=O)(=O)c1ccc(C(=O)N(CCN(C)C)c2nc3ccc(SC)cc3s2)cc1.Cl. The number of likely N-dealkylation sites (N-methyl/N-ethyl adjacent to an activating group) is 1. The molecule has 1 aromatic heterocycles. The summed E-state index contributed by atoms with van der Waals surface area (Å²) in [7, 11) is 0.342. The van der Waals surface area contributed by atoms with Crippen LogP contribution in [0.3, 0.4) is 0 Å². The number of nitrogens with zero attached hydrogens (tertiary/aromatic N) is 4. The number of fused-ring (bicyclic) bond motifs is 1. The van der Waals surface area contributed by atoms with Crippen LogP contribution in [-0.2, 0) is 10.0 Å². The molecule has 0 fully saturated rings. The van der Waals surface area contributed by atoms with Gasteiger partial charge in [0.2, 0.25) is 10.0 Å². The Morgan fingerprint density at radius 2 is 1.68 bits per heavy atom. The highest BCUT2D eigenvalue weighted by Gasteiger charge is 2.24. The normalized spacial score (nSPS) is 11.7. The maximum absolute atomic E-state index is 13.5. The van der Waals surface area contributed by atoms with E-state index in [2.05, 4.69) is 6.07 Å². The lowest BCUT2D eigenvalue weighted by atomic mass is 10.2. The predicted octanol–water partition coefficient (Wildman–Crippen LogP) is 4.68. The molecule has 0 bridgehead atoms. The number of thiazole rings is 1.